The van der Waals surface area contributed by atoms with E-state index in [1.807, 2.05) is 23.7 Å². The molecule has 0 aromatic heterocycles. The van der Waals surface area contributed by atoms with Crippen molar-refractivity contribution in [1.29, 1.82) is 0 Å². The summed E-state index contributed by atoms with van der Waals surface area (Å²) in [5, 5.41) is 2.22. The molecule has 0 aliphatic carbocycles. The smallest absolute Gasteiger partial charge is 0.0230 e. The molecule has 32 heavy (non-hydrogen) atoms. The molecule has 2 aromatic rings. The Kier molecular flexibility index (Phi) is 9.40. The quantitative estimate of drug-likeness (QED) is 0.358. The molecule has 170 valence electrons. The molecular weight excluding hydrogens is 428 g/mol. The average Bonchev–Trinajstić information content (AvgIpc) is 2.84. The highest BCUT2D eigenvalue weighted by molar-refractivity contribution is 8.02. The molecule has 0 saturated carbocycles. The molecule has 2 heterocycles. The zero-order valence-corrected chi connectivity index (χ0v) is 20.9. The van der Waals surface area contributed by atoms with Crippen molar-refractivity contribution in [2.24, 2.45) is 11.8 Å². The summed E-state index contributed by atoms with van der Waals surface area (Å²) in [7, 11) is 2.24. The first-order valence-electron chi connectivity index (χ1n) is 11.9. The number of benzene rings is 2. The van der Waals surface area contributed by atoms with E-state index in [0.717, 1.165) is 18.2 Å². The van der Waals surface area contributed by atoms with Gasteiger partial charge in [0.1, 0.15) is 0 Å². The lowest BCUT2D eigenvalue weighted by molar-refractivity contribution is 0.174. The fourth-order valence-electron chi connectivity index (χ4n) is 4.77. The van der Waals surface area contributed by atoms with E-state index in [9.17, 15) is 0 Å². The second-order valence-corrected chi connectivity index (χ2v) is 11.2. The largest absolute Gasteiger partial charge is 0.303 e. The number of rotatable bonds is 10. The maximum absolute atomic E-state index is 2.71. The zero-order valence-electron chi connectivity index (χ0n) is 19.2. The van der Waals surface area contributed by atoms with Gasteiger partial charge in [-0.05, 0) is 99.3 Å². The van der Waals surface area contributed by atoms with Crippen molar-refractivity contribution >= 4 is 23.7 Å². The minimum Gasteiger partial charge on any atom is -0.303 e. The van der Waals surface area contributed by atoms with Gasteiger partial charge in [-0.3, -0.25) is 0 Å². The lowest BCUT2D eigenvalue weighted by Crippen LogP contribution is -2.36. The summed E-state index contributed by atoms with van der Waals surface area (Å²) in [5.74, 6) is 2.61. The van der Waals surface area contributed by atoms with Crippen molar-refractivity contribution in [3.8, 4) is 0 Å². The van der Waals surface area contributed by atoms with Crippen molar-refractivity contribution in [1.82, 2.24) is 9.21 Å². The molecule has 4 heteroatoms. The fraction of sp³-hybridized carbons (Fsp3) is 0.429. The molecule has 1 unspecified atom stereocenters. The predicted octanol–water partition coefficient (Wildman–Crippen LogP) is 6.77. The van der Waals surface area contributed by atoms with E-state index in [1.54, 1.807) is 5.57 Å². The minimum absolute atomic E-state index is 0.621. The summed E-state index contributed by atoms with van der Waals surface area (Å²) >= 11 is 3.80. The van der Waals surface area contributed by atoms with Gasteiger partial charge >= 0.3 is 0 Å². The summed E-state index contributed by atoms with van der Waals surface area (Å²) in [4.78, 5) is 4.03. The van der Waals surface area contributed by atoms with Gasteiger partial charge in [-0.25, -0.2) is 4.31 Å². The molecule has 4 rings (SSSR count). The van der Waals surface area contributed by atoms with Crippen LogP contribution in [0.1, 0.15) is 24.8 Å². The Hall–Kier alpha value is -1.46. The van der Waals surface area contributed by atoms with E-state index in [2.05, 4.69) is 94.5 Å². The van der Waals surface area contributed by atoms with Gasteiger partial charge in [0.15, 0.2) is 0 Å². The highest BCUT2D eigenvalue weighted by Gasteiger charge is 2.23. The van der Waals surface area contributed by atoms with Gasteiger partial charge in [-0.1, -0.05) is 66.3 Å². The molecule has 0 radical (unpaired) electrons. The molecule has 0 amide bonds. The Bertz CT molecular complexity index is 858. The molecule has 2 aromatic carbocycles. The first kappa shape index (κ1) is 23.7. The van der Waals surface area contributed by atoms with Crippen LogP contribution in [0.5, 0.6) is 0 Å². The first-order valence-corrected chi connectivity index (χ1v) is 13.8. The van der Waals surface area contributed by atoms with E-state index in [4.69, 9.17) is 0 Å². The predicted molar refractivity (Wildman–Crippen MR) is 142 cm³/mol. The maximum atomic E-state index is 2.71. The second kappa shape index (κ2) is 12.7. The van der Waals surface area contributed by atoms with Crippen LogP contribution in [-0.2, 0) is 6.42 Å². The maximum Gasteiger partial charge on any atom is 0.0230 e. The number of thioether (sulfide) groups is 1. The minimum atomic E-state index is 0.621. The summed E-state index contributed by atoms with van der Waals surface area (Å²) in [6.07, 6.45) is 9.78. The Morgan fingerprint density at radius 3 is 2.44 bits per heavy atom. The lowest BCUT2D eigenvalue weighted by Gasteiger charge is -2.34. The Morgan fingerprint density at radius 2 is 1.75 bits per heavy atom. The number of allylic oxidation sites excluding steroid dienone is 2. The number of nitrogens with zero attached hydrogens (tertiary/aromatic N) is 2. The standard InChI is InChI=1S/C28H36N2S2/c1-29(32-28-12-6-3-7-13-28)22-26(27-11-8-20-31-23-27)16-19-30-17-14-25(15-18-30)21-24-9-4-2-5-10-24/h2-13,20,25-26H,14-19,21-23H2,1H3. The van der Waals surface area contributed by atoms with Gasteiger partial charge in [0, 0.05) is 17.2 Å². The molecule has 2 aliphatic rings. The highest BCUT2D eigenvalue weighted by Crippen LogP contribution is 2.30. The van der Waals surface area contributed by atoms with Gasteiger partial charge in [0.2, 0.25) is 0 Å². The molecule has 2 nitrogen and oxygen atoms in total. The molecular formula is C28H36N2S2. The molecule has 0 bridgehead atoms. The van der Waals surface area contributed by atoms with Crippen molar-refractivity contribution < 1.29 is 0 Å². The van der Waals surface area contributed by atoms with Gasteiger partial charge in [-0.15, -0.1) is 11.8 Å². The Labute approximate surface area is 203 Å². The van der Waals surface area contributed by atoms with Crippen LogP contribution in [0.15, 0.2) is 88.7 Å². The van der Waals surface area contributed by atoms with Crippen LogP contribution < -0.4 is 0 Å². The number of hydrogen-bond donors (Lipinski definition) is 0. The van der Waals surface area contributed by atoms with Crippen LogP contribution in [0.25, 0.3) is 0 Å². The van der Waals surface area contributed by atoms with Crippen LogP contribution in [-0.4, -0.2) is 48.2 Å². The molecule has 1 saturated heterocycles. The topological polar surface area (TPSA) is 6.48 Å². The van der Waals surface area contributed by atoms with Gasteiger partial charge < -0.3 is 4.90 Å². The third-order valence-electron chi connectivity index (χ3n) is 6.61. The van der Waals surface area contributed by atoms with Crippen LogP contribution in [0.3, 0.4) is 0 Å². The third kappa shape index (κ3) is 7.55. The van der Waals surface area contributed by atoms with E-state index < -0.39 is 0 Å². The van der Waals surface area contributed by atoms with Gasteiger partial charge in [0.05, 0.1) is 0 Å². The molecule has 0 spiro atoms. The molecule has 0 N–H and O–H groups in total. The second-order valence-electron chi connectivity index (χ2n) is 9.06. The van der Waals surface area contributed by atoms with Gasteiger partial charge in [0.25, 0.3) is 0 Å². The van der Waals surface area contributed by atoms with Crippen LogP contribution in [0.4, 0.5) is 0 Å². The fourth-order valence-corrected chi connectivity index (χ4v) is 6.47. The summed E-state index contributed by atoms with van der Waals surface area (Å²) in [5.41, 5.74) is 3.11. The van der Waals surface area contributed by atoms with Crippen LogP contribution in [0, 0.1) is 11.8 Å². The number of piperidine rings is 1. The summed E-state index contributed by atoms with van der Waals surface area (Å²) < 4.78 is 2.43. The summed E-state index contributed by atoms with van der Waals surface area (Å²) in [6.45, 7) is 4.83. The highest BCUT2D eigenvalue weighted by atomic mass is 32.2. The number of hydrogen-bond acceptors (Lipinski definition) is 4. The van der Waals surface area contributed by atoms with Crippen molar-refractivity contribution in [2.45, 2.75) is 30.6 Å². The lowest BCUT2D eigenvalue weighted by atomic mass is 9.89. The zero-order chi connectivity index (χ0) is 22.0. The first-order chi connectivity index (χ1) is 15.8. The van der Waals surface area contributed by atoms with Crippen molar-refractivity contribution in [3.63, 3.8) is 0 Å². The third-order valence-corrected chi connectivity index (χ3v) is 8.40. The van der Waals surface area contributed by atoms with E-state index in [1.165, 1.54) is 55.8 Å². The summed E-state index contributed by atoms with van der Waals surface area (Å²) in [6, 6.07) is 21.8. The van der Waals surface area contributed by atoms with Crippen LogP contribution in [0.2, 0.25) is 0 Å². The van der Waals surface area contributed by atoms with E-state index in [0.29, 0.717) is 5.92 Å². The van der Waals surface area contributed by atoms with Crippen LogP contribution >= 0.6 is 23.7 Å². The number of likely N-dealkylation sites (tertiary alicyclic amines) is 1. The molecule has 1 atom stereocenters. The van der Waals surface area contributed by atoms with Gasteiger partial charge in [-0.2, -0.15) is 0 Å². The molecule has 1 fully saturated rings. The SMILES string of the molecule is CN(CC(CCN1CCC(Cc2ccccc2)CC1)C1=CC=CSC1)Sc1ccccc1. The van der Waals surface area contributed by atoms with E-state index in [-0.39, 0.29) is 0 Å². The van der Waals surface area contributed by atoms with Crippen molar-refractivity contribution in [2.75, 3.05) is 39.0 Å². The van der Waals surface area contributed by atoms with E-state index >= 15 is 0 Å². The Balaban J connectivity index is 1.27. The molecule has 2 aliphatic heterocycles. The normalized spacial score (nSPS) is 18.6. The Morgan fingerprint density at radius 1 is 1.03 bits per heavy atom. The van der Waals surface area contributed by atoms with Crippen molar-refractivity contribution in [3.05, 3.63) is 89.4 Å². The average molecular weight is 465 g/mol. The monoisotopic (exact) mass is 464 g/mol.